The lowest BCUT2D eigenvalue weighted by Gasteiger charge is -2.07. The van der Waals surface area contributed by atoms with E-state index in [1.165, 1.54) is 36.4 Å². The third kappa shape index (κ3) is 6.98. The first-order valence-corrected chi connectivity index (χ1v) is 7.49. The van der Waals surface area contributed by atoms with Crippen molar-refractivity contribution in [2.45, 2.75) is 31.3 Å². The summed E-state index contributed by atoms with van der Waals surface area (Å²) in [7, 11) is 0. The van der Waals surface area contributed by atoms with Gasteiger partial charge in [0.25, 0.3) is 18.3 Å². The molecule has 12 nitrogen and oxygen atoms in total. The standard InChI is InChI=1S/C14H16N4O8/c19-15(20)10-14(18(25)26)9-8-12(16(21)22)3-1-2-11-4-6-13(7-5-11)17(23)24/h1,3-7,12,14H,2,8-10H2. The number of non-ortho nitro benzene ring substituents is 1. The van der Waals surface area contributed by atoms with Crippen molar-refractivity contribution >= 4 is 5.69 Å². The summed E-state index contributed by atoms with van der Waals surface area (Å²) in [5.74, 6) is 0. The second-order valence-electron chi connectivity index (χ2n) is 5.44. The molecule has 0 saturated heterocycles. The van der Waals surface area contributed by atoms with Gasteiger partial charge in [0.1, 0.15) is 0 Å². The van der Waals surface area contributed by atoms with E-state index in [1.807, 2.05) is 0 Å². The van der Waals surface area contributed by atoms with Gasteiger partial charge in [-0.2, -0.15) is 0 Å². The van der Waals surface area contributed by atoms with E-state index in [0.29, 0.717) is 5.56 Å². The molecule has 0 fully saturated rings. The Morgan fingerprint density at radius 3 is 1.96 bits per heavy atom. The molecule has 0 amide bonds. The molecule has 12 heteroatoms. The Bertz CT molecular complexity index is 703. The van der Waals surface area contributed by atoms with Crippen LogP contribution in [0.4, 0.5) is 5.69 Å². The van der Waals surface area contributed by atoms with Crippen LogP contribution in [0.5, 0.6) is 0 Å². The van der Waals surface area contributed by atoms with E-state index in [0.717, 1.165) is 0 Å². The normalized spacial score (nSPS) is 13.2. The molecule has 0 aliphatic heterocycles. The molecule has 26 heavy (non-hydrogen) atoms. The lowest BCUT2D eigenvalue weighted by Crippen LogP contribution is -2.30. The van der Waals surface area contributed by atoms with Crippen molar-refractivity contribution in [3.05, 3.63) is 82.4 Å². The fraction of sp³-hybridized carbons (Fsp3) is 0.429. The van der Waals surface area contributed by atoms with Crippen molar-refractivity contribution in [3.63, 3.8) is 0 Å². The average Bonchev–Trinajstić information content (AvgIpc) is 2.56. The molecule has 0 saturated carbocycles. The highest BCUT2D eigenvalue weighted by molar-refractivity contribution is 5.33. The molecule has 140 valence electrons. The number of nitrogens with zero attached hydrogens (tertiary/aromatic N) is 4. The molecule has 0 bridgehead atoms. The maximum atomic E-state index is 11.0. The van der Waals surface area contributed by atoms with Gasteiger partial charge in [-0.3, -0.25) is 40.5 Å². The first-order valence-electron chi connectivity index (χ1n) is 7.49. The van der Waals surface area contributed by atoms with Crippen LogP contribution in [0.3, 0.4) is 0 Å². The van der Waals surface area contributed by atoms with E-state index >= 15 is 0 Å². The zero-order chi connectivity index (χ0) is 19.7. The molecule has 0 heterocycles. The van der Waals surface area contributed by atoms with Crippen LogP contribution in [0.15, 0.2) is 36.4 Å². The summed E-state index contributed by atoms with van der Waals surface area (Å²) in [6.45, 7) is -0.885. The Kier molecular flexibility index (Phi) is 7.73. The van der Waals surface area contributed by atoms with Crippen molar-refractivity contribution in [1.82, 2.24) is 0 Å². The van der Waals surface area contributed by atoms with Gasteiger partial charge in [-0.15, -0.1) is 0 Å². The van der Waals surface area contributed by atoms with E-state index in [2.05, 4.69) is 0 Å². The highest BCUT2D eigenvalue weighted by Crippen LogP contribution is 2.13. The Morgan fingerprint density at radius 1 is 0.885 bits per heavy atom. The summed E-state index contributed by atoms with van der Waals surface area (Å²) in [6, 6.07) is 2.98. The van der Waals surface area contributed by atoms with Crippen LogP contribution in [-0.2, 0) is 6.42 Å². The largest absolute Gasteiger partial charge is 0.276 e. The van der Waals surface area contributed by atoms with Crippen LogP contribution in [0.2, 0.25) is 0 Å². The van der Waals surface area contributed by atoms with Crippen molar-refractivity contribution in [3.8, 4) is 0 Å². The zero-order valence-electron chi connectivity index (χ0n) is 13.5. The molecule has 0 aliphatic rings. The van der Waals surface area contributed by atoms with Gasteiger partial charge in [0.05, 0.1) is 4.92 Å². The summed E-state index contributed by atoms with van der Waals surface area (Å²) in [4.78, 5) is 40.0. The van der Waals surface area contributed by atoms with E-state index in [1.54, 1.807) is 0 Å². The SMILES string of the molecule is O=[N+]([O-])CC(CCC(C=CCc1ccc([N+](=O)[O-])cc1)[N+](=O)[O-])[N+](=O)[O-]. The van der Waals surface area contributed by atoms with Crippen LogP contribution in [0.25, 0.3) is 0 Å². The van der Waals surface area contributed by atoms with Gasteiger partial charge in [-0.05, 0) is 18.1 Å². The minimum atomic E-state index is -1.48. The van der Waals surface area contributed by atoms with Gasteiger partial charge in [0.2, 0.25) is 6.04 Å². The van der Waals surface area contributed by atoms with Crippen LogP contribution in [0, 0.1) is 40.5 Å². The van der Waals surface area contributed by atoms with Gasteiger partial charge in [0.15, 0.2) is 0 Å². The monoisotopic (exact) mass is 368 g/mol. The maximum Gasteiger partial charge on any atom is 0.276 e. The quantitative estimate of drug-likeness (QED) is 0.324. The summed E-state index contributed by atoms with van der Waals surface area (Å²) in [6.07, 6.45) is 2.55. The lowest BCUT2D eigenvalue weighted by atomic mass is 10.1. The van der Waals surface area contributed by atoms with E-state index in [-0.39, 0.29) is 24.9 Å². The van der Waals surface area contributed by atoms with E-state index in [9.17, 15) is 40.5 Å². The molecule has 1 aromatic rings. The van der Waals surface area contributed by atoms with Gasteiger partial charge in [-0.25, -0.2) is 0 Å². The van der Waals surface area contributed by atoms with E-state index < -0.39 is 38.3 Å². The Labute approximate surface area is 146 Å². The second-order valence-corrected chi connectivity index (χ2v) is 5.44. The molecular formula is C14H16N4O8. The van der Waals surface area contributed by atoms with Crippen LogP contribution in [-0.4, -0.2) is 38.3 Å². The van der Waals surface area contributed by atoms with Gasteiger partial charge >= 0.3 is 0 Å². The number of nitro groups is 4. The molecule has 0 radical (unpaired) electrons. The molecule has 0 aliphatic carbocycles. The summed E-state index contributed by atoms with van der Waals surface area (Å²) < 4.78 is 0. The van der Waals surface area contributed by atoms with Gasteiger partial charge in [0, 0.05) is 39.7 Å². The fourth-order valence-electron chi connectivity index (χ4n) is 2.19. The van der Waals surface area contributed by atoms with Crippen molar-refractivity contribution in [2.75, 3.05) is 6.54 Å². The van der Waals surface area contributed by atoms with Gasteiger partial charge < -0.3 is 0 Å². The van der Waals surface area contributed by atoms with Crippen molar-refractivity contribution in [1.29, 1.82) is 0 Å². The second kappa shape index (κ2) is 9.76. The molecule has 0 N–H and O–H groups in total. The van der Waals surface area contributed by atoms with Gasteiger partial charge in [-0.1, -0.05) is 18.2 Å². The fourth-order valence-corrected chi connectivity index (χ4v) is 2.19. The van der Waals surface area contributed by atoms with Crippen molar-refractivity contribution < 1.29 is 19.7 Å². The third-order valence-corrected chi connectivity index (χ3v) is 3.58. The first-order chi connectivity index (χ1) is 12.2. The maximum absolute atomic E-state index is 11.0. The van der Waals surface area contributed by atoms with Crippen LogP contribution >= 0.6 is 0 Å². The number of hydrogen-bond acceptors (Lipinski definition) is 8. The third-order valence-electron chi connectivity index (χ3n) is 3.58. The number of hydrogen-bond donors (Lipinski definition) is 0. The van der Waals surface area contributed by atoms with Crippen molar-refractivity contribution in [2.24, 2.45) is 0 Å². The topological polar surface area (TPSA) is 173 Å². The minimum Gasteiger partial charge on any atom is -0.264 e. The molecule has 2 atom stereocenters. The molecule has 1 rings (SSSR count). The zero-order valence-corrected chi connectivity index (χ0v) is 13.5. The number of allylic oxidation sites excluding steroid dienone is 1. The Balaban J connectivity index is 2.65. The predicted octanol–water partition coefficient (Wildman–Crippen LogP) is 2.04. The number of rotatable bonds is 11. The van der Waals surface area contributed by atoms with E-state index in [4.69, 9.17) is 0 Å². The number of nitro benzene ring substituents is 1. The molecule has 1 aromatic carbocycles. The number of benzene rings is 1. The molecular weight excluding hydrogens is 352 g/mol. The molecule has 2 unspecified atom stereocenters. The summed E-state index contributed by atoms with van der Waals surface area (Å²) in [5.41, 5.74) is 0.628. The molecule has 0 spiro atoms. The van der Waals surface area contributed by atoms with Crippen LogP contribution < -0.4 is 0 Å². The smallest absolute Gasteiger partial charge is 0.264 e. The highest BCUT2D eigenvalue weighted by Gasteiger charge is 2.29. The first kappa shape index (κ1) is 20.6. The average molecular weight is 368 g/mol. The summed E-state index contributed by atoms with van der Waals surface area (Å²) >= 11 is 0. The Morgan fingerprint density at radius 2 is 1.50 bits per heavy atom. The predicted molar refractivity (Wildman–Crippen MR) is 88.6 cm³/mol. The minimum absolute atomic E-state index is 0.0718. The Hall–Kier alpha value is -3.44. The lowest BCUT2D eigenvalue weighted by molar-refractivity contribution is -0.590. The highest BCUT2D eigenvalue weighted by atomic mass is 16.6. The van der Waals surface area contributed by atoms with Crippen LogP contribution in [0.1, 0.15) is 18.4 Å². The summed E-state index contributed by atoms with van der Waals surface area (Å²) in [5, 5.41) is 42.8. The molecule has 0 aromatic heterocycles.